The Balaban J connectivity index is 0.000000791. The predicted molar refractivity (Wildman–Crippen MR) is 47.7 cm³/mol. The number of carbonyl (C=O) groups is 1. The van der Waals surface area contributed by atoms with Crippen LogP contribution in [-0.4, -0.2) is 28.4 Å². The van der Waals surface area contributed by atoms with E-state index in [0.717, 1.165) is 0 Å². The predicted octanol–water partition coefficient (Wildman–Crippen LogP) is 0.290. The highest BCUT2D eigenvalue weighted by Crippen LogP contribution is 2.10. The highest BCUT2D eigenvalue weighted by Gasteiger charge is 2.16. The van der Waals surface area contributed by atoms with Crippen LogP contribution >= 0.6 is 0 Å². The summed E-state index contributed by atoms with van der Waals surface area (Å²) in [6.07, 6.45) is 1.43. The van der Waals surface area contributed by atoms with Crippen LogP contribution in [0.25, 0.3) is 0 Å². The molecule has 1 heterocycles. The van der Waals surface area contributed by atoms with Gasteiger partial charge in [0, 0.05) is 7.11 Å². The molecule has 7 heteroatoms. The van der Waals surface area contributed by atoms with Crippen molar-refractivity contribution in [1.29, 1.82) is 0 Å². The van der Waals surface area contributed by atoms with Crippen LogP contribution in [0.1, 0.15) is 5.69 Å². The first-order valence-corrected chi connectivity index (χ1v) is 3.59. The Morgan fingerprint density at radius 1 is 1.71 bits per heavy atom. The Labute approximate surface area is 80.5 Å². The average Bonchev–Trinajstić information content (AvgIpc) is 2.52. The minimum atomic E-state index is -0.529. The third-order valence-electron chi connectivity index (χ3n) is 1.52. The lowest BCUT2D eigenvalue weighted by Crippen LogP contribution is -2.02. The number of aromatic nitrogens is 2. The Morgan fingerprint density at radius 3 is 2.64 bits per heavy atom. The van der Waals surface area contributed by atoms with E-state index in [0.29, 0.717) is 12.3 Å². The summed E-state index contributed by atoms with van der Waals surface area (Å²) in [4.78, 5) is 21.4. The highest BCUT2D eigenvalue weighted by atomic mass is 16.6. The number of hydrogen-bond donors (Lipinski definition) is 0. The van der Waals surface area contributed by atoms with E-state index < -0.39 is 4.92 Å². The second kappa shape index (κ2) is 5.81. The van der Waals surface area contributed by atoms with Crippen molar-refractivity contribution in [3.63, 3.8) is 0 Å². The van der Waals surface area contributed by atoms with Gasteiger partial charge in [0.15, 0.2) is 0 Å². The number of methoxy groups -OCH3 is 1. The number of rotatable bonds is 3. The first-order valence-electron chi connectivity index (χ1n) is 3.59. The molecule has 1 rings (SSSR count). The summed E-state index contributed by atoms with van der Waals surface area (Å²) in [5.41, 5.74) is 0.684. The normalized spacial score (nSPS) is 9.00. The number of imidazole rings is 1. The van der Waals surface area contributed by atoms with Gasteiger partial charge >= 0.3 is 5.95 Å². The number of nitrogens with zero attached hydrogens (tertiary/aromatic N) is 3. The van der Waals surface area contributed by atoms with Crippen molar-refractivity contribution in [1.82, 2.24) is 9.55 Å². The van der Waals surface area contributed by atoms with Gasteiger partial charge in [-0.3, -0.25) is 0 Å². The third-order valence-corrected chi connectivity index (χ3v) is 1.52. The molecule has 78 valence electrons. The zero-order valence-electron chi connectivity index (χ0n) is 7.97. The summed E-state index contributed by atoms with van der Waals surface area (Å²) in [5.74, 6) is -0.165. The minimum Gasteiger partial charge on any atom is -0.390 e. The molecule has 0 amide bonds. The van der Waals surface area contributed by atoms with E-state index in [9.17, 15) is 10.1 Å². The summed E-state index contributed by atoms with van der Waals surface area (Å²) >= 11 is 0. The summed E-state index contributed by atoms with van der Waals surface area (Å²) in [6, 6.07) is 0. The fraction of sp³-hybridized carbons (Fsp3) is 0.429. The summed E-state index contributed by atoms with van der Waals surface area (Å²) < 4.78 is 6.21. The lowest BCUT2D eigenvalue weighted by Gasteiger charge is -1.97. The van der Waals surface area contributed by atoms with Gasteiger partial charge < -0.3 is 19.6 Å². The highest BCUT2D eigenvalue weighted by molar-refractivity contribution is 5.13. The van der Waals surface area contributed by atoms with E-state index >= 15 is 0 Å². The lowest BCUT2D eigenvalue weighted by atomic mass is 10.5. The van der Waals surface area contributed by atoms with Gasteiger partial charge in [-0.25, -0.2) is 4.57 Å². The smallest absolute Gasteiger partial charge is 0.390 e. The van der Waals surface area contributed by atoms with Crippen molar-refractivity contribution in [2.75, 3.05) is 7.11 Å². The summed E-state index contributed by atoms with van der Waals surface area (Å²) in [6.45, 7) is 2.33. The number of carbonyl (C=O) groups excluding carboxylic acids is 1. The molecule has 0 N–H and O–H groups in total. The van der Waals surface area contributed by atoms with Crippen molar-refractivity contribution in [2.45, 2.75) is 6.61 Å². The molecule has 14 heavy (non-hydrogen) atoms. The van der Waals surface area contributed by atoms with Gasteiger partial charge in [0.1, 0.15) is 25.3 Å². The molecule has 0 aromatic carbocycles. The summed E-state index contributed by atoms with van der Waals surface area (Å²) in [7, 11) is 3.11. The van der Waals surface area contributed by atoms with Crippen LogP contribution in [0.15, 0.2) is 6.20 Å². The third kappa shape index (κ3) is 2.63. The van der Waals surface area contributed by atoms with Crippen LogP contribution < -0.4 is 0 Å². The SMILES string of the molecule is C=O.COCc1cnc([N+](=O)[O-])n1C. The van der Waals surface area contributed by atoms with Gasteiger partial charge in [0.25, 0.3) is 0 Å². The van der Waals surface area contributed by atoms with Crippen LogP contribution in [0.5, 0.6) is 0 Å². The molecule has 0 radical (unpaired) electrons. The van der Waals surface area contributed by atoms with Crippen LogP contribution in [0.3, 0.4) is 0 Å². The zero-order valence-corrected chi connectivity index (χ0v) is 7.97. The van der Waals surface area contributed by atoms with E-state index in [4.69, 9.17) is 9.53 Å². The van der Waals surface area contributed by atoms with Gasteiger partial charge in [-0.05, 0) is 4.92 Å². The molecule has 0 unspecified atom stereocenters. The molecule has 7 nitrogen and oxygen atoms in total. The summed E-state index contributed by atoms with van der Waals surface area (Å²) in [5, 5.41) is 10.3. The fourth-order valence-corrected chi connectivity index (χ4v) is 0.885. The standard InChI is InChI=1S/C6H9N3O3.CH2O/c1-8-5(4-12-2)3-7-6(8)9(10)11;1-2/h3H,4H2,1-2H3;1H2. The van der Waals surface area contributed by atoms with E-state index in [1.807, 2.05) is 6.79 Å². The molecule has 0 fully saturated rings. The maximum atomic E-state index is 10.3. The van der Waals surface area contributed by atoms with Gasteiger partial charge in [-0.2, -0.15) is 0 Å². The van der Waals surface area contributed by atoms with Crippen molar-refractivity contribution >= 4 is 12.7 Å². The monoisotopic (exact) mass is 201 g/mol. The fourth-order valence-electron chi connectivity index (χ4n) is 0.885. The molecule has 0 aliphatic rings. The van der Waals surface area contributed by atoms with E-state index in [1.165, 1.54) is 17.9 Å². The second-order valence-electron chi connectivity index (χ2n) is 2.30. The maximum Gasteiger partial charge on any atom is 0.434 e. The number of ether oxygens (including phenoxy) is 1. The molecular formula is C7H11N3O4. The van der Waals surface area contributed by atoms with Gasteiger partial charge in [-0.15, -0.1) is 0 Å². The molecule has 0 saturated heterocycles. The number of hydrogen-bond acceptors (Lipinski definition) is 5. The largest absolute Gasteiger partial charge is 0.434 e. The van der Waals surface area contributed by atoms with Gasteiger partial charge in [0.2, 0.25) is 0 Å². The van der Waals surface area contributed by atoms with Crippen LogP contribution in [0, 0.1) is 10.1 Å². The van der Waals surface area contributed by atoms with Gasteiger partial charge in [-0.1, -0.05) is 4.98 Å². The van der Waals surface area contributed by atoms with E-state index in [2.05, 4.69) is 4.98 Å². The molecule has 0 aliphatic carbocycles. The lowest BCUT2D eigenvalue weighted by molar-refractivity contribution is -0.396. The quantitative estimate of drug-likeness (QED) is 0.518. The molecule has 0 saturated carbocycles. The van der Waals surface area contributed by atoms with E-state index in [1.54, 1.807) is 7.05 Å². The van der Waals surface area contributed by atoms with Crippen LogP contribution in [0.4, 0.5) is 5.95 Å². The molecule has 0 spiro atoms. The molecule has 1 aromatic rings. The molecule has 1 aromatic heterocycles. The zero-order chi connectivity index (χ0) is 11.1. The number of nitro groups is 1. The molecule has 0 atom stereocenters. The van der Waals surface area contributed by atoms with Crippen LogP contribution in [0.2, 0.25) is 0 Å². The van der Waals surface area contributed by atoms with Gasteiger partial charge in [0.05, 0.1) is 7.05 Å². The maximum absolute atomic E-state index is 10.3. The Bertz CT molecular complexity index is 310. The second-order valence-corrected chi connectivity index (χ2v) is 2.30. The average molecular weight is 201 g/mol. The molecular weight excluding hydrogens is 190 g/mol. The first kappa shape index (κ1) is 12.2. The Kier molecular flexibility index (Phi) is 5.08. The minimum absolute atomic E-state index is 0.165. The molecule has 0 aliphatic heterocycles. The van der Waals surface area contributed by atoms with Crippen molar-refractivity contribution in [3.05, 3.63) is 22.0 Å². The van der Waals surface area contributed by atoms with Crippen molar-refractivity contribution < 1.29 is 14.5 Å². The van der Waals surface area contributed by atoms with E-state index in [-0.39, 0.29) is 5.95 Å². The van der Waals surface area contributed by atoms with Crippen molar-refractivity contribution in [3.8, 4) is 0 Å². The Morgan fingerprint density at radius 2 is 2.29 bits per heavy atom. The Hall–Kier alpha value is -1.76. The van der Waals surface area contributed by atoms with Crippen LogP contribution in [-0.2, 0) is 23.2 Å². The first-order chi connectivity index (χ1) is 6.66. The van der Waals surface area contributed by atoms with Crippen molar-refractivity contribution in [2.24, 2.45) is 7.05 Å². The topological polar surface area (TPSA) is 87.3 Å². The molecule has 0 bridgehead atoms.